The molecule has 152 valence electrons. The molecular formula is C21H20F2N2O4. The third-order valence-electron chi connectivity index (χ3n) is 4.22. The first kappa shape index (κ1) is 20.5. The molecule has 2 aromatic rings. The summed E-state index contributed by atoms with van der Waals surface area (Å²) < 4.78 is 34.6. The van der Waals surface area contributed by atoms with Crippen LogP contribution in [0.2, 0.25) is 0 Å². The number of rotatable bonds is 6. The minimum absolute atomic E-state index is 0.0235. The second kappa shape index (κ2) is 9.79. The van der Waals surface area contributed by atoms with Gasteiger partial charge in [0, 0.05) is 36.0 Å². The van der Waals surface area contributed by atoms with Gasteiger partial charge >= 0.3 is 6.61 Å². The van der Waals surface area contributed by atoms with Crippen molar-refractivity contribution in [3.63, 3.8) is 0 Å². The van der Waals surface area contributed by atoms with Crippen LogP contribution in [0.15, 0.2) is 54.6 Å². The van der Waals surface area contributed by atoms with Crippen molar-refractivity contribution in [2.24, 2.45) is 0 Å². The lowest BCUT2D eigenvalue weighted by Gasteiger charge is -2.27. The Morgan fingerprint density at radius 1 is 1.10 bits per heavy atom. The summed E-state index contributed by atoms with van der Waals surface area (Å²) >= 11 is 0. The quantitative estimate of drug-likeness (QED) is 0.752. The molecule has 1 N–H and O–H groups in total. The van der Waals surface area contributed by atoms with Gasteiger partial charge in [-0.3, -0.25) is 9.59 Å². The maximum Gasteiger partial charge on any atom is 0.387 e. The molecule has 8 heteroatoms. The zero-order valence-corrected chi connectivity index (χ0v) is 15.5. The molecule has 3 rings (SSSR count). The van der Waals surface area contributed by atoms with Crippen molar-refractivity contribution in [3.8, 4) is 5.75 Å². The van der Waals surface area contributed by atoms with Gasteiger partial charge in [-0.25, -0.2) is 0 Å². The van der Waals surface area contributed by atoms with Crippen molar-refractivity contribution in [2.75, 3.05) is 31.6 Å². The van der Waals surface area contributed by atoms with Crippen LogP contribution >= 0.6 is 0 Å². The fourth-order valence-corrected chi connectivity index (χ4v) is 2.85. The minimum Gasteiger partial charge on any atom is -0.434 e. The Hall–Kier alpha value is -3.26. The van der Waals surface area contributed by atoms with Gasteiger partial charge in [-0.2, -0.15) is 8.78 Å². The number of carbonyl (C=O) groups is 2. The van der Waals surface area contributed by atoms with Gasteiger partial charge in [-0.1, -0.05) is 24.3 Å². The standard InChI is InChI=1S/C21H20F2N2O4/c22-21(23)29-18-7-2-1-4-15(18)8-9-19(26)24-17-6-3-5-16(14-17)20(27)25-10-12-28-13-11-25/h1-9,14,21H,10-13H2,(H,24,26)/b9-8+. The van der Waals surface area contributed by atoms with Crippen LogP contribution in [0.4, 0.5) is 14.5 Å². The number of carbonyl (C=O) groups excluding carboxylic acids is 2. The molecule has 2 aromatic carbocycles. The van der Waals surface area contributed by atoms with Gasteiger partial charge in [0.05, 0.1) is 13.2 Å². The topological polar surface area (TPSA) is 67.9 Å². The smallest absolute Gasteiger partial charge is 0.387 e. The van der Waals surface area contributed by atoms with Crippen molar-refractivity contribution >= 4 is 23.6 Å². The van der Waals surface area contributed by atoms with Gasteiger partial charge in [0.15, 0.2) is 0 Å². The van der Waals surface area contributed by atoms with Gasteiger partial charge in [0.1, 0.15) is 5.75 Å². The molecule has 0 saturated carbocycles. The lowest BCUT2D eigenvalue weighted by molar-refractivity contribution is -0.111. The van der Waals surface area contributed by atoms with Crippen molar-refractivity contribution in [1.82, 2.24) is 4.90 Å². The highest BCUT2D eigenvalue weighted by molar-refractivity contribution is 6.03. The number of alkyl halides is 2. The Balaban J connectivity index is 1.65. The van der Waals surface area contributed by atoms with Crippen molar-refractivity contribution in [2.45, 2.75) is 6.61 Å². The molecule has 1 heterocycles. The number of nitrogens with zero attached hydrogens (tertiary/aromatic N) is 1. The first-order chi connectivity index (χ1) is 14.0. The number of anilines is 1. The van der Waals surface area contributed by atoms with Crippen LogP contribution in [0.3, 0.4) is 0 Å². The Kier molecular flexibility index (Phi) is 6.91. The van der Waals surface area contributed by atoms with Gasteiger partial charge in [0.2, 0.25) is 5.91 Å². The fraction of sp³-hybridized carbons (Fsp3) is 0.238. The highest BCUT2D eigenvalue weighted by Gasteiger charge is 2.18. The molecule has 1 saturated heterocycles. The number of morpholine rings is 1. The van der Waals surface area contributed by atoms with E-state index in [-0.39, 0.29) is 11.7 Å². The summed E-state index contributed by atoms with van der Waals surface area (Å²) in [4.78, 5) is 26.4. The fourth-order valence-electron chi connectivity index (χ4n) is 2.85. The third-order valence-corrected chi connectivity index (χ3v) is 4.22. The largest absolute Gasteiger partial charge is 0.434 e. The number of halogens is 2. The Morgan fingerprint density at radius 3 is 2.62 bits per heavy atom. The van der Waals surface area contributed by atoms with Crippen LogP contribution in [-0.2, 0) is 9.53 Å². The molecule has 0 bridgehead atoms. The van der Waals surface area contributed by atoms with E-state index in [1.165, 1.54) is 18.2 Å². The lowest BCUT2D eigenvalue weighted by Crippen LogP contribution is -2.40. The van der Waals surface area contributed by atoms with Crippen molar-refractivity contribution in [1.29, 1.82) is 0 Å². The van der Waals surface area contributed by atoms with Crippen molar-refractivity contribution in [3.05, 3.63) is 65.7 Å². The van der Waals surface area contributed by atoms with Gasteiger partial charge in [-0.05, 0) is 30.3 Å². The predicted octanol–water partition coefficient (Wildman–Crippen LogP) is 3.41. The Bertz CT molecular complexity index is 896. The summed E-state index contributed by atoms with van der Waals surface area (Å²) in [5.74, 6) is -0.615. The maximum atomic E-state index is 12.5. The van der Waals surface area contributed by atoms with Crippen LogP contribution in [-0.4, -0.2) is 49.6 Å². The monoisotopic (exact) mass is 402 g/mol. The molecular weight excluding hydrogens is 382 g/mol. The van der Waals surface area contributed by atoms with Crippen LogP contribution in [0.25, 0.3) is 6.08 Å². The lowest BCUT2D eigenvalue weighted by atomic mass is 10.1. The molecule has 1 aliphatic heterocycles. The first-order valence-electron chi connectivity index (χ1n) is 9.03. The van der Waals surface area contributed by atoms with Crippen LogP contribution in [0, 0.1) is 0 Å². The molecule has 0 radical (unpaired) electrons. The van der Waals surface area contributed by atoms with Gasteiger partial charge < -0.3 is 19.7 Å². The van der Waals surface area contributed by atoms with Gasteiger partial charge in [0.25, 0.3) is 5.91 Å². The minimum atomic E-state index is -2.95. The summed E-state index contributed by atoms with van der Waals surface area (Å²) in [6.45, 7) is -0.894. The number of nitrogens with one attached hydrogen (secondary N) is 1. The van der Waals surface area contributed by atoms with E-state index < -0.39 is 12.5 Å². The van der Waals surface area contributed by atoms with Crippen LogP contribution in [0.5, 0.6) is 5.75 Å². The Morgan fingerprint density at radius 2 is 1.86 bits per heavy atom. The van der Waals surface area contributed by atoms with Gasteiger partial charge in [-0.15, -0.1) is 0 Å². The highest BCUT2D eigenvalue weighted by atomic mass is 19.3. The molecule has 0 aromatic heterocycles. The number of hydrogen-bond acceptors (Lipinski definition) is 4. The highest BCUT2D eigenvalue weighted by Crippen LogP contribution is 2.21. The van der Waals surface area contributed by atoms with Crippen LogP contribution in [0.1, 0.15) is 15.9 Å². The average Bonchev–Trinajstić information content (AvgIpc) is 2.73. The number of benzene rings is 2. The molecule has 6 nitrogen and oxygen atoms in total. The molecule has 0 unspecified atom stereocenters. The SMILES string of the molecule is O=C(/C=C/c1ccccc1OC(F)F)Nc1cccc(C(=O)N2CCOCC2)c1. The van der Waals surface area contributed by atoms with E-state index in [1.807, 2.05) is 0 Å². The summed E-state index contributed by atoms with van der Waals surface area (Å²) in [5, 5.41) is 2.66. The normalized spacial score (nSPS) is 14.2. The zero-order chi connectivity index (χ0) is 20.6. The second-order valence-corrected chi connectivity index (χ2v) is 6.22. The third kappa shape index (κ3) is 5.86. The number of ether oxygens (including phenoxy) is 2. The summed E-state index contributed by atoms with van der Waals surface area (Å²) in [7, 11) is 0. The second-order valence-electron chi connectivity index (χ2n) is 6.22. The molecule has 0 atom stereocenters. The van der Waals surface area contributed by atoms with E-state index in [0.717, 1.165) is 0 Å². The predicted molar refractivity (Wildman–Crippen MR) is 104 cm³/mol. The average molecular weight is 402 g/mol. The van der Waals surface area contributed by atoms with E-state index in [4.69, 9.17) is 4.74 Å². The summed E-state index contributed by atoms with van der Waals surface area (Å²) in [5.41, 5.74) is 1.26. The van der Waals surface area contributed by atoms with E-state index in [2.05, 4.69) is 10.1 Å². The molecule has 29 heavy (non-hydrogen) atoms. The molecule has 0 spiro atoms. The maximum absolute atomic E-state index is 12.5. The number of para-hydroxylation sites is 1. The summed E-state index contributed by atoms with van der Waals surface area (Å²) in [6.07, 6.45) is 2.60. The molecule has 1 aliphatic rings. The van der Waals surface area contributed by atoms with Crippen LogP contribution < -0.4 is 10.1 Å². The molecule has 2 amide bonds. The first-order valence-corrected chi connectivity index (χ1v) is 9.03. The molecule has 0 aliphatic carbocycles. The molecule has 1 fully saturated rings. The summed E-state index contributed by atoms with van der Waals surface area (Å²) in [6, 6.07) is 12.8. The van der Waals surface area contributed by atoms with E-state index >= 15 is 0 Å². The van der Waals surface area contributed by atoms with Crippen molar-refractivity contribution < 1.29 is 27.8 Å². The van der Waals surface area contributed by atoms with E-state index in [9.17, 15) is 18.4 Å². The van der Waals surface area contributed by atoms with E-state index in [0.29, 0.717) is 43.1 Å². The van der Waals surface area contributed by atoms with E-state index in [1.54, 1.807) is 47.4 Å². The number of amides is 2. The Labute approximate surface area is 166 Å². The number of hydrogen-bond donors (Lipinski definition) is 1. The zero-order valence-electron chi connectivity index (χ0n) is 15.5.